The van der Waals surface area contributed by atoms with Crippen molar-refractivity contribution in [2.24, 2.45) is 5.73 Å². The molecule has 0 aromatic rings. The van der Waals surface area contributed by atoms with Crippen molar-refractivity contribution in [3.63, 3.8) is 0 Å². The SMILES string of the molecule is NC1CCOC(=O)C1. The van der Waals surface area contributed by atoms with Gasteiger partial charge < -0.3 is 10.5 Å². The van der Waals surface area contributed by atoms with Gasteiger partial charge in [-0.05, 0) is 6.42 Å². The van der Waals surface area contributed by atoms with E-state index >= 15 is 0 Å². The quantitative estimate of drug-likeness (QED) is 0.439. The first-order valence-electron chi connectivity index (χ1n) is 2.70. The van der Waals surface area contributed by atoms with Crippen molar-refractivity contribution in [2.45, 2.75) is 18.9 Å². The molecular formula is C5H9NO2. The molecule has 1 rings (SSSR count). The molecule has 0 aliphatic carbocycles. The lowest BCUT2D eigenvalue weighted by molar-refractivity contribution is -0.147. The van der Waals surface area contributed by atoms with E-state index in [1.807, 2.05) is 0 Å². The predicted octanol–water partition coefficient (Wildman–Crippen LogP) is -0.349. The number of esters is 1. The maximum Gasteiger partial charge on any atom is 0.307 e. The van der Waals surface area contributed by atoms with Gasteiger partial charge in [0.15, 0.2) is 0 Å². The highest BCUT2D eigenvalue weighted by molar-refractivity contribution is 5.70. The third kappa shape index (κ3) is 1.20. The molecule has 0 saturated carbocycles. The molecule has 1 atom stereocenters. The number of nitrogens with two attached hydrogens (primary N) is 1. The number of carbonyl (C=O) groups is 1. The molecule has 0 bridgehead atoms. The molecule has 0 aromatic carbocycles. The van der Waals surface area contributed by atoms with Gasteiger partial charge in [0.2, 0.25) is 0 Å². The van der Waals surface area contributed by atoms with Gasteiger partial charge in [-0.25, -0.2) is 0 Å². The van der Waals surface area contributed by atoms with Crippen LogP contribution in [-0.2, 0) is 9.53 Å². The third-order valence-corrected chi connectivity index (χ3v) is 1.18. The van der Waals surface area contributed by atoms with Crippen molar-refractivity contribution in [3.05, 3.63) is 0 Å². The summed E-state index contributed by atoms with van der Waals surface area (Å²) in [6.07, 6.45) is 1.20. The summed E-state index contributed by atoms with van der Waals surface area (Å²) in [7, 11) is 0. The van der Waals surface area contributed by atoms with Crippen LogP contribution in [0.25, 0.3) is 0 Å². The van der Waals surface area contributed by atoms with Crippen molar-refractivity contribution >= 4 is 5.97 Å². The topological polar surface area (TPSA) is 52.3 Å². The van der Waals surface area contributed by atoms with Crippen LogP contribution in [0.5, 0.6) is 0 Å². The standard InChI is InChI=1S/C5H9NO2/c6-4-1-2-8-5(7)3-4/h4H,1-3,6H2. The molecule has 0 amide bonds. The molecule has 1 unspecified atom stereocenters. The average Bonchev–Trinajstić information content (AvgIpc) is 1.64. The average molecular weight is 115 g/mol. The zero-order valence-electron chi connectivity index (χ0n) is 4.59. The Bertz CT molecular complexity index is 103. The number of ether oxygens (including phenoxy) is 1. The molecule has 1 heterocycles. The fourth-order valence-electron chi connectivity index (χ4n) is 0.699. The summed E-state index contributed by atoms with van der Waals surface area (Å²) in [5, 5.41) is 0. The summed E-state index contributed by atoms with van der Waals surface area (Å²) in [6, 6.07) is 0.0382. The van der Waals surface area contributed by atoms with Crippen LogP contribution in [0.2, 0.25) is 0 Å². The van der Waals surface area contributed by atoms with Crippen LogP contribution >= 0.6 is 0 Å². The molecule has 3 nitrogen and oxygen atoms in total. The first kappa shape index (κ1) is 5.56. The molecular weight excluding hydrogens is 106 g/mol. The maximum absolute atomic E-state index is 10.4. The van der Waals surface area contributed by atoms with E-state index in [1.54, 1.807) is 0 Å². The molecule has 1 aliphatic rings. The van der Waals surface area contributed by atoms with Crippen molar-refractivity contribution in [1.82, 2.24) is 0 Å². The summed E-state index contributed by atoms with van der Waals surface area (Å²) >= 11 is 0. The Kier molecular flexibility index (Phi) is 1.48. The van der Waals surface area contributed by atoms with Gasteiger partial charge in [-0.3, -0.25) is 4.79 Å². The fraction of sp³-hybridized carbons (Fsp3) is 0.800. The Morgan fingerprint density at radius 3 is 2.88 bits per heavy atom. The highest BCUT2D eigenvalue weighted by Gasteiger charge is 2.15. The Hall–Kier alpha value is -0.570. The van der Waals surface area contributed by atoms with Crippen molar-refractivity contribution in [2.75, 3.05) is 6.61 Å². The molecule has 0 aromatic heterocycles. The Labute approximate surface area is 47.8 Å². The van der Waals surface area contributed by atoms with E-state index in [0.717, 1.165) is 6.42 Å². The molecule has 1 fully saturated rings. The minimum atomic E-state index is -0.163. The van der Waals surface area contributed by atoms with Crippen LogP contribution < -0.4 is 5.73 Å². The van der Waals surface area contributed by atoms with Gasteiger partial charge in [0.1, 0.15) is 0 Å². The zero-order valence-corrected chi connectivity index (χ0v) is 4.59. The minimum absolute atomic E-state index is 0.0382. The highest BCUT2D eigenvalue weighted by Crippen LogP contribution is 2.03. The molecule has 0 radical (unpaired) electrons. The van der Waals surface area contributed by atoms with E-state index < -0.39 is 0 Å². The van der Waals surface area contributed by atoms with Crippen LogP contribution in [-0.4, -0.2) is 18.6 Å². The second kappa shape index (κ2) is 2.13. The third-order valence-electron chi connectivity index (χ3n) is 1.18. The Morgan fingerprint density at radius 2 is 2.50 bits per heavy atom. The summed E-state index contributed by atoms with van der Waals surface area (Å²) in [5.74, 6) is -0.163. The summed E-state index contributed by atoms with van der Waals surface area (Å²) in [4.78, 5) is 10.4. The van der Waals surface area contributed by atoms with Gasteiger partial charge >= 0.3 is 5.97 Å². The van der Waals surface area contributed by atoms with Crippen molar-refractivity contribution in [3.8, 4) is 0 Å². The van der Waals surface area contributed by atoms with Gasteiger partial charge in [0.25, 0.3) is 0 Å². The van der Waals surface area contributed by atoms with Gasteiger partial charge in [0, 0.05) is 6.04 Å². The minimum Gasteiger partial charge on any atom is -0.466 e. The predicted molar refractivity (Wildman–Crippen MR) is 28.2 cm³/mol. The highest BCUT2D eigenvalue weighted by atomic mass is 16.5. The first-order valence-corrected chi connectivity index (χ1v) is 2.70. The number of hydrogen-bond acceptors (Lipinski definition) is 3. The van der Waals surface area contributed by atoms with Crippen LogP contribution in [0.15, 0.2) is 0 Å². The van der Waals surface area contributed by atoms with Gasteiger partial charge in [-0.1, -0.05) is 0 Å². The molecule has 1 aliphatic heterocycles. The number of cyclic esters (lactones) is 1. The molecule has 0 spiro atoms. The second-order valence-electron chi connectivity index (χ2n) is 1.97. The van der Waals surface area contributed by atoms with E-state index in [-0.39, 0.29) is 12.0 Å². The van der Waals surface area contributed by atoms with E-state index in [9.17, 15) is 4.79 Å². The van der Waals surface area contributed by atoms with E-state index in [1.165, 1.54) is 0 Å². The molecule has 8 heavy (non-hydrogen) atoms. The number of carbonyl (C=O) groups excluding carboxylic acids is 1. The van der Waals surface area contributed by atoms with Crippen LogP contribution in [0.3, 0.4) is 0 Å². The van der Waals surface area contributed by atoms with Crippen LogP contribution in [0.4, 0.5) is 0 Å². The van der Waals surface area contributed by atoms with Crippen molar-refractivity contribution < 1.29 is 9.53 Å². The van der Waals surface area contributed by atoms with E-state index in [2.05, 4.69) is 4.74 Å². The maximum atomic E-state index is 10.4. The van der Waals surface area contributed by atoms with E-state index in [4.69, 9.17) is 5.73 Å². The lowest BCUT2D eigenvalue weighted by Gasteiger charge is -2.16. The van der Waals surface area contributed by atoms with Gasteiger partial charge in [0.05, 0.1) is 13.0 Å². The largest absolute Gasteiger partial charge is 0.466 e. The van der Waals surface area contributed by atoms with Gasteiger partial charge in [-0.2, -0.15) is 0 Å². The molecule has 3 heteroatoms. The van der Waals surface area contributed by atoms with Crippen LogP contribution in [0.1, 0.15) is 12.8 Å². The smallest absolute Gasteiger partial charge is 0.307 e. The second-order valence-corrected chi connectivity index (χ2v) is 1.97. The lowest BCUT2D eigenvalue weighted by Crippen LogP contribution is -2.31. The van der Waals surface area contributed by atoms with Crippen LogP contribution in [0, 0.1) is 0 Å². The number of rotatable bonds is 0. The lowest BCUT2D eigenvalue weighted by atomic mass is 10.1. The van der Waals surface area contributed by atoms with E-state index in [0.29, 0.717) is 13.0 Å². The normalized spacial score (nSPS) is 29.6. The molecule has 2 N–H and O–H groups in total. The van der Waals surface area contributed by atoms with Crippen molar-refractivity contribution in [1.29, 1.82) is 0 Å². The van der Waals surface area contributed by atoms with Gasteiger partial charge in [-0.15, -0.1) is 0 Å². The Balaban J connectivity index is 2.34. The fourth-order valence-corrected chi connectivity index (χ4v) is 0.699. The summed E-state index contributed by atoms with van der Waals surface area (Å²) in [6.45, 7) is 0.500. The zero-order chi connectivity index (χ0) is 5.98. The monoisotopic (exact) mass is 115 g/mol. The molecule has 46 valence electrons. The number of hydrogen-bond donors (Lipinski definition) is 1. The first-order chi connectivity index (χ1) is 3.79. The summed E-state index contributed by atoms with van der Waals surface area (Å²) in [5.41, 5.74) is 5.42. The molecule has 1 saturated heterocycles. The Morgan fingerprint density at radius 1 is 1.75 bits per heavy atom. The summed E-state index contributed by atoms with van der Waals surface area (Å²) < 4.78 is 4.63.